The van der Waals surface area contributed by atoms with Gasteiger partial charge < -0.3 is 39.4 Å². The van der Waals surface area contributed by atoms with Gasteiger partial charge in [0.2, 0.25) is 5.79 Å². The van der Waals surface area contributed by atoms with Crippen molar-refractivity contribution < 1.29 is 39.4 Å². The number of nitriles is 1. The van der Waals surface area contributed by atoms with E-state index < -0.39 is 36.8 Å². The molecule has 0 aromatic heterocycles. The Morgan fingerprint density at radius 3 is 2.42 bits per heavy atom. The van der Waals surface area contributed by atoms with Crippen LogP contribution < -0.4 is 4.74 Å². The van der Waals surface area contributed by atoms with Crippen LogP contribution in [0, 0.1) is 11.3 Å². The molecule has 4 rings (SSSR count). The third kappa shape index (κ3) is 4.99. The molecule has 0 amide bonds. The van der Waals surface area contributed by atoms with Gasteiger partial charge in [-0.25, -0.2) is 0 Å². The lowest BCUT2D eigenvalue weighted by Crippen LogP contribution is -2.64. The Kier molecular flexibility index (Phi) is 8.27. The Bertz CT molecular complexity index is 1080. The molecule has 0 aliphatic carbocycles. The molecule has 2 aliphatic heterocycles. The fourth-order valence-electron chi connectivity index (χ4n) is 4.79. The first-order valence-corrected chi connectivity index (χ1v) is 12.1. The highest BCUT2D eigenvalue weighted by atomic mass is 16.7. The maximum atomic E-state index is 11.1. The third-order valence-electron chi connectivity index (χ3n) is 6.96. The largest absolute Gasteiger partial charge is 0.487 e. The summed E-state index contributed by atoms with van der Waals surface area (Å²) in [5, 5.41) is 51.8. The second kappa shape index (κ2) is 11.2. The number of hydrogen-bond donors (Lipinski definition) is 4. The standard InChI is InChI=1S/C27H33NO8/c1-3-16-4-6-17(7-5-16)10-18-11-21(22(12-19(18)13-28)35-20-8-9-34-15-20)27(33-2)26(32)25(31)24(30)23(14-29)36-27/h4-7,11-12,20,23-26,29-32H,3,8-10,14-15H2,1-2H3/t20-,23+,24+,25-,26+,27-/m0/s1. The van der Waals surface area contributed by atoms with E-state index in [0.29, 0.717) is 37.2 Å². The second-order valence-corrected chi connectivity index (χ2v) is 9.20. The van der Waals surface area contributed by atoms with Gasteiger partial charge in [0.1, 0.15) is 36.3 Å². The Labute approximate surface area is 210 Å². The van der Waals surface area contributed by atoms with Crippen LogP contribution >= 0.6 is 0 Å². The van der Waals surface area contributed by atoms with E-state index in [1.54, 1.807) is 12.1 Å². The number of nitrogens with zero attached hydrogens (tertiary/aromatic N) is 1. The van der Waals surface area contributed by atoms with E-state index in [-0.39, 0.29) is 17.4 Å². The lowest BCUT2D eigenvalue weighted by atomic mass is 9.85. The summed E-state index contributed by atoms with van der Waals surface area (Å²) in [6.45, 7) is 2.35. The molecule has 6 atom stereocenters. The van der Waals surface area contributed by atoms with Crippen molar-refractivity contribution in [2.24, 2.45) is 0 Å². The zero-order valence-electron chi connectivity index (χ0n) is 20.5. The highest BCUT2D eigenvalue weighted by Gasteiger charge is 2.56. The minimum absolute atomic E-state index is 0.230. The van der Waals surface area contributed by atoms with Crippen molar-refractivity contribution in [3.8, 4) is 11.8 Å². The zero-order valence-corrected chi connectivity index (χ0v) is 20.5. The monoisotopic (exact) mass is 499 g/mol. The van der Waals surface area contributed by atoms with Crippen molar-refractivity contribution in [2.75, 3.05) is 26.9 Å². The number of rotatable bonds is 8. The van der Waals surface area contributed by atoms with Gasteiger partial charge in [-0.2, -0.15) is 5.26 Å². The molecule has 2 aliphatic rings. The van der Waals surface area contributed by atoms with E-state index in [0.717, 1.165) is 12.0 Å². The average Bonchev–Trinajstić information content (AvgIpc) is 3.42. The average molecular weight is 500 g/mol. The van der Waals surface area contributed by atoms with E-state index in [1.165, 1.54) is 12.7 Å². The molecule has 194 valence electrons. The lowest BCUT2D eigenvalue weighted by molar-refractivity contribution is -0.366. The maximum Gasteiger partial charge on any atom is 0.228 e. The van der Waals surface area contributed by atoms with Crippen LogP contribution in [-0.2, 0) is 32.8 Å². The molecule has 0 unspecified atom stereocenters. The number of methoxy groups -OCH3 is 1. The summed E-state index contributed by atoms with van der Waals surface area (Å²) in [6, 6.07) is 13.5. The molecule has 2 aromatic carbocycles. The van der Waals surface area contributed by atoms with Gasteiger partial charge in [-0.05, 0) is 41.7 Å². The van der Waals surface area contributed by atoms with E-state index in [4.69, 9.17) is 18.9 Å². The van der Waals surface area contributed by atoms with Gasteiger partial charge in [0, 0.05) is 13.5 Å². The van der Waals surface area contributed by atoms with Crippen molar-refractivity contribution in [3.63, 3.8) is 0 Å². The Balaban J connectivity index is 1.84. The fourth-order valence-corrected chi connectivity index (χ4v) is 4.79. The minimum atomic E-state index is -1.98. The third-order valence-corrected chi connectivity index (χ3v) is 6.96. The van der Waals surface area contributed by atoms with Crippen molar-refractivity contribution in [1.29, 1.82) is 5.26 Å². The van der Waals surface area contributed by atoms with Gasteiger partial charge in [-0.15, -0.1) is 0 Å². The van der Waals surface area contributed by atoms with Crippen LogP contribution in [-0.4, -0.2) is 77.9 Å². The number of aryl methyl sites for hydroxylation is 1. The zero-order chi connectivity index (χ0) is 25.9. The molecule has 9 nitrogen and oxygen atoms in total. The quantitative estimate of drug-likeness (QED) is 0.421. The number of benzene rings is 2. The fraction of sp³-hybridized carbons (Fsp3) is 0.519. The summed E-state index contributed by atoms with van der Waals surface area (Å²) in [5.41, 5.74) is 3.44. The van der Waals surface area contributed by atoms with Crippen LogP contribution in [0.5, 0.6) is 5.75 Å². The smallest absolute Gasteiger partial charge is 0.228 e. The van der Waals surface area contributed by atoms with Gasteiger partial charge in [-0.3, -0.25) is 0 Å². The molecule has 2 saturated heterocycles. The van der Waals surface area contributed by atoms with E-state index in [2.05, 4.69) is 13.0 Å². The predicted octanol–water partition coefficient (Wildman–Crippen LogP) is 1.15. The van der Waals surface area contributed by atoms with Gasteiger partial charge >= 0.3 is 0 Å². The number of aliphatic hydroxyl groups excluding tert-OH is 4. The first kappa shape index (κ1) is 26.5. The molecule has 0 spiro atoms. The molecule has 0 radical (unpaired) electrons. The Morgan fingerprint density at radius 2 is 1.83 bits per heavy atom. The van der Waals surface area contributed by atoms with Crippen LogP contribution in [0.25, 0.3) is 0 Å². The van der Waals surface area contributed by atoms with Gasteiger partial charge in [-0.1, -0.05) is 31.2 Å². The van der Waals surface area contributed by atoms with E-state index in [9.17, 15) is 25.7 Å². The predicted molar refractivity (Wildman–Crippen MR) is 128 cm³/mol. The molecule has 9 heteroatoms. The minimum Gasteiger partial charge on any atom is -0.487 e. The highest BCUT2D eigenvalue weighted by Crippen LogP contribution is 2.44. The normalized spacial score (nSPS) is 30.2. The SMILES string of the molecule is CCc1ccc(Cc2cc([C@]3(OC)O[C@H](CO)[C@@H](O)[C@H](O)[C@H]3O)c(O[C@H]3CCOC3)cc2C#N)cc1. The number of hydrogen-bond acceptors (Lipinski definition) is 9. The molecular weight excluding hydrogens is 466 g/mol. The van der Waals surface area contributed by atoms with E-state index in [1.807, 2.05) is 24.3 Å². The number of ether oxygens (including phenoxy) is 4. The Morgan fingerprint density at radius 1 is 1.11 bits per heavy atom. The first-order valence-electron chi connectivity index (χ1n) is 12.1. The molecule has 0 bridgehead atoms. The maximum absolute atomic E-state index is 11.1. The first-order chi connectivity index (χ1) is 17.4. The van der Waals surface area contributed by atoms with Crippen LogP contribution in [0.15, 0.2) is 36.4 Å². The topological polar surface area (TPSA) is 142 Å². The van der Waals surface area contributed by atoms with Crippen LogP contribution in [0.2, 0.25) is 0 Å². The summed E-state index contributed by atoms with van der Waals surface area (Å²) in [6.07, 6.45) is -4.47. The summed E-state index contributed by atoms with van der Waals surface area (Å²) >= 11 is 0. The van der Waals surface area contributed by atoms with Crippen molar-refractivity contribution in [2.45, 2.75) is 62.5 Å². The molecule has 2 aromatic rings. The summed E-state index contributed by atoms with van der Waals surface area (Å²) < 4.78 is 23.2. The van der Waals surface area contributed by atoms with E-state index >= 15 is 0 Å². The van der Waals surface area contributed by atoms with Crippen molar-refractivity contribution in [1.82, 2.24) is 0 Å². The second-order valence-electron chi connectivity index (χ2n) is 9.20. The molecule has 0 saturated carbocycles. The summed E-state index contributed by atoms with van der Waals surface area (Å²) in [5.74, 6) is -1.75. The molecular formula is C27H33NO8. The molecule has 2 heterocycles. The molecule has 2 fully saturated rings. The van der Waals surface area contributed by atoms with Crippen LogP contribution in [0.1, 0.15) is 41.2 Å². The Hall–Kier alpha value is -2.55. The summed E-state index contributed by atoms with van der Waals surface area (Å²) in [7, 11) is 1.30. The lowest BCUT2D eigenvalue weighted by Gasteiger charge is -2.48. The summed E-state index contributed by atoms with van der Waals surface area (Å²) in [4.78, 5) is 0. The van der Waals surface area contributed by atoms with Crippen molar-refractivity contribution in [3.05, 3.63) is 64.2 Å². The van der Waals surface area contributed by atoms with Crippen molar-refractivity contribution >= 4 is 0 Å². The van der Waals surface area contributed by atoms with Crippen LogP contribution in [0.4, 0.5) is 0 Å². The van der Waals surface area contributed by atoms with Gasteiger partial charge in [0.15, 0.2) is 0 Å². The highest BCUT2D eigenvalue weighted by molar-refractivity contribution is 5.52. The molecule has 36 heavy (non-hydrogen) atoms. The molecule has 4 N–H and O–H groups in total. The number of aliphatic hydroxyl groups is 4. The van der Waals surface area contributed by atoms with Gasteiger partial charge in [0.05, 0.1) is 37.0 Å². The van der Waals surface area contributed by atoms with Crippen LogP contribution in [0.3, 0.4) is 0 Å². The van der Waals surface area contributed by atoms with Gasteiger partial charge in [0.25, 0.3) is 0 Å².